The number of allylic oxidation sites excluding steroid dienone is 4. The van der Waals surface area contributed by atoms with Gasteiger partial charge in [0.25, 0.3) is 0 Å². The van der Waals surface area contributed by atoms with Gasteiger partial charge >= 0.3 is 36.7 Å². The average molecular weight is 522 g/mol. The van der Waals surface area contributed by atoms with Crippen molar-refractivity contribution in [2.24, 2.45) is 0 Å². The SMILES string of the molecule is O=C(O)c1ccc(F)cc1.O=C(O)c1ccc(F)cc1.[C-]1=CC=CC1.[CH2]=[Ti+2].c1ccc2[cH-]ccc2c1. The second kappa shape index (κ2) is 17.6. The quantitative estimate of drug-likeness (QED) is 0.222. The van der Waals surface area contributed by atoms with Crippen molar-refractivity contribution in [3.05, 3.63) is 138 Å². The first-order valence-electron chi connectivity index (χ1n) is 10.5. The standard InChI is InChI=1S/C9H7.2C7H5FO2.C5H5.CH2.Ti/c1-2-5-9-7-3-6-8(9)4-1;2*8-6-3-1-5(2-4-6)7(9)10;1-2-4-5-3-1;;/h1-7H;2*1-4H,(H,9,10);1-3H,4H2;1H2;/q-1;;;-1;;+2. The first kappa shape index (κ1) is 30.2. The normalized spacial score (nSPS) is 10.3. The summed E-state index contributed by atoms with van der Waals surface area (Å²) in [4.78, 5) is 23.6. The van der Waals surface area contributed by atoms with E-state index >= 15 is 0 Å². The maximum atomic E-state index is 12.2. The monoisotopic (exact) mass is 522 g/mol. The molecule has 4 nitrogen and oxygen atoms in total. The first-order valence-corrected chi connectivity index (χ1v) is 11.6. The number of carbonyl (C=O) groups is 2. The van der Waals surface area contributed by atoms with Crippen LogP contribution in [0, 0.1) is 17.7 Å². The predicted octanol–water partition coefficient (Wildman–Crippen LogP) is 6.88. The molecule has 0 unspecified atom stereocenters. The van der Waals surface area contributed by atoms with E-state index in [0.717, 1.165) is 30.7 Å². The van der Waals surface area contributed by atoms with Gasteiger partial charge in [0.05, 0.1) is 11.1 Å². The van der Waals surface area contributed by atoms with Crippen LogP contribution < -0.4 is 0 Å². The smallest absolute Gasteiger partial charge is 0.0809 e. The summed E-state index contributed by atoms with van der Waals surface area (Å²) in [6.45, 7) is 0. The zero-order valence-electron chi connectivity index (χ0n) is 19.3. The van der Waals surface area contributed by atoms with Gasteiger partial charge in [0.2, 0.25) is 0 Å². The Labute approximate surface area is 220 Å². The molecule has 1 aliphatic carbocycles. The Morgan fingerprint density at radius 1 is 0.806 bits per heavy atom. The minimum atomic E-state index is -1.04. The van der Waals surface area contributed by atoms with Crippen LogP contribution in [0.1, 0.15) is 27.1 Å². The first-order chi connectivity index (χ1) is 17.4. The Morgan fingerprint density at radius 3 is 1.67 bits per heavy atom. The Morgan fingerprint density at radius 2 is 1.31 bits per heavy atom. The zero-order chi connectivity index (χ0) is 26.8. The summed E-state index contributed by atoms with van der Waals surface area (Å²) in [5.74, 6) is -2.94. The maximum absolute atomic E-state index is 12.2. The van der Waals surface area contributed by atoms with Crippen molar-refractivity contribution < 1.29 is 48.6 Å². The number of benzene rings is 3. The van der Waals surface area contributed by atoms with Crippen LogP contribution in [-0.2, 0) is 20.0 Å². The summed E-state index contributed by atoms with van der Waals surface area (Å²) in [6, 6.07) is 24.0. The minimum Gasteiger partial charge on any atom is -0.168 e. The molecule has 0 amide bonds. The van der Waals surface area contributed by atoms with Crippen LogP contribution in [0.3, 0.4) is 0 Å². The molecule has 5 rings (SSSR count). The molecule has 4 aromatic rings. The number of halogens is 2. The van der Waals surface area contributed by atoms with Crippen molar-refractivity contribution >= 4 is 27.5 Å². The van der Waals surface area contributed by atoms with Crippen molar-refractivity contribution in [1.82, 2.24) is 0 Å². The van der Waals surface area contributed by atoms with E-state index in [0.29, 0.717) is 0 Å². The van der Waals surface area contributed by atoms with Crippen molar-refractivity contribution in [3.63, 3.8) is 0 Å². The van der Waals surface area contributed by atoms with Gasteiger partial charge in [-0.05, 0) is 48.5 Å². The van der Waals surface area contributed by atoms with E-state index < -0.39 is 23.6 Å². The van der Waals surface area contributed by atoms with Crippen LogP contribution in [-0.4, -0.2) is 27.0 Å². The molecule has 2 N–H and O–H groups in total. The fourth-order valence-corrected chi connectivity index (χ4v) is 2.60. The third kappa shape index (κ3) is 12.0. The molecule has 182 valence electrons. The van der Waals surface area contributed by atoms with Gasteiger partial charge in [-0.25, -0.2) is 30.5 Å². The van der Waals surface area contributed by atoms with Gasteiger partial charge < -0.3 is 10.2 Å². The van der Waals surface area contributed by atoms with E-state index in [-0.39, 0.29) is 11.1 Å². The van der Waals surface area contributed by atoms with Gasteiger partial charge in [-0.15, -0.1) is 36.1 Å². The summed E-state index contributed by atoms with van der Waals surface area (Å²) in [7, 11) is 0. The summed E-state index contributed by atoms with van der Waals surface area (Å²) >= 11 is 1.75. The van der Waals surface area contributed by atoms with Crippen molar-refractivity contribution in [2.75, 3.05) is 0 Å². The largest absolute Gasteiger partial charge is 0.168 e. The van der Waals surface area contributed by atoms with E-state index in [1.807, 2.05) is 12.2 Å². The average Bonchev–Trinajstić information content (AvgIpc) is 3.62. The maximum Gasteiger partial charge on any atom is -0.0809 e. The molecular weight excluding hydrogens is 498 g/mol. The number of carboxylic acid groups (broad SMARTS) is 2. The number of hydrogen-bond donors (Lipinski definition) is 2. The van der Waals surface area contributed by atoms with Gasteiger partial charge in [0.1, 0.15) is 11.6 Å². The Hall–Kier alpha value is -3.87. The third-order valence-electron chi connectivity index (χ3n) is 4.32. The molecule has 0 aliphatic heterocycles. The summed E-state index contributed by atoms with van der Waals surface area (Å²) in [5.41, 5.74) is 0.197. The summed E-state index contributed by atoms with van der Waals surface area (Å²) < 4.78 is 24.3. The third-order valence-corrected chi connectivity index (χ3v) is 4.32. The van der Waals surface area contributed by atoms with Gasteiger partial charge in [-0.3, -0.25) is 6.08 Å². The zero-order valence-corrected chi connectivity index (χ0v) is 20.8. The van der Waals surface area contributed by atoms with E-state index in [9.17, 15) is 18.4 Å². The topological polar surface area (TPSA) is 74.6 Å². The number of aromatic carboxylic acids is 2. The van der Waals surface area contributed by atoms with E-state index in [1.165, 1.54) is 35.0 Å². The molecule has 0 bridgehead atoms. The Bertz CT molecular complexity index is 1160. The molecule has 1 aliphatic rings. The van der Waals surface area contributed by atoms with Gasteiger partial charge in [-0.1, -0.05) is 6.07 Å². The number of carboxylic acids is 2. The molecular formula is C29H24F2O4Ti. The molecule has 0 aromatic heterocycles. The van der Waals surface area contributed by atoms with E-state index in [2.05, 4.69) is 59.4 Å². The summed E-state index contributed by atoms with van der Waals surface area (Å²) in [6.07, 6.45) is 10.0. The molecule has 0 fully saturated rings. The van der Waals surface area contributed by atoms with Crippen molar-refractivity contribution in [1.29, 1.82) is 0 Å². The molecule has 0 atom stereocenters. The molecule has 0 heterocycles. The Kier molecular flexibility index (Phi) is 14.7. The van der Waals surface area contributed by atoms with Crippen LogP contribution in [0.15, 0.2) is 109 Å². The number of hydrogen-bond acceptors (Lipinski definition) is 2. The molecule has 0 spiro atoms. The van der Waals surface area contributed by atoms with Gasteiger partial charge in [-0.2, -0.15) is 23.6 Å². The van der Waals surface area contributed by atoms with Gasteiger partial charge in [0.15, 0.2) is 0 Å². The molecule has 0 saturated carbocycles. The number of rotatable bonds is 2. The Balaban J connectivity index is 0.000000239. The van der Waals surface area contributed by atoms with E-state index in [1.54, 1.807) is 20.0 Å². The number of fused-ring (bicyclic) bond motifs is 1. The predicted molar refractivity (Wildman–Crippen MR) is 135 cm³/mol. The van der Waals surface area contributed by atoms with Crippen LogP contribution in [0.5, 0.6) is 0 Å². The summed E-state index contributed by atoms with van der Waals surface area (Å²) in [5, 5.41) is 19.4. The van der Waals surface area contributed by atoms with Crippen molar-refractivity contribution in [2.45, 2.75) is 6.42 Å². The molecule has 4 aromatic carbocycles. The molecule has 0 radical (unpaired) electrons. The van der Waals surface area contributed by atoms with Crippen LogP contribution in [0.2, 0.25) is 0 Å². The second-order valence-electron chi connectivity index (χ2n) is 6.78. The molecule has 7 heteroatoms. The fraction of sp³-hybridized carbons (Fsp3) is 0.0345. The molecule has 0 saturated heterocycles. The van der Waals surface area contributed by atoms with E-state index in [4.69, 9.17) is 10.2 Å². The van der Waals surface area contributed by atoms with Crippen LogP contribution in [0.4, 0.5) is 8.78 Å². The fourth-order valence-electron chi connectivity index (χ4n) is 2.60. The van der Waals surface area contributed by atoms with Gasteiger partial charge in [0, 0.05) is 0 Å². The van der Waals surface area contributed by atoms with Crippen LogP contribution in [0.25, 0.3) is 10.8 Å². The van der Waals surface area contributed by atoms with Crippen LogP contribution >= 0.6 is 0 Å². The van der Waals surface area contributed by atoms with Crippen molar-refractivity contribution in [3.8, 4) is 0 Å². The second-order valence-corrected chi connectivity index (χ2v) is 6.78. The minimum absolute atomic E-state index is 0.0985. The molecule has 36 heavy (non-hydrogen) atoms.